The quantitative estimate of drug-likeness (QED) is 0.322. The summed E-state index contributed by atoms with van der Waals surface area (Å²) >= 11 is 0. The van der Waals surface area contributed by atoms with Gasteiger partial charge in [-0.2, -0.15) is 0 Å². The zero-order valence-electron chi connectivity index (χ0n) is 18.7. The van der Waals surface area contributed by atoms with E-state index in [2.05, 4.69) is 19.2 Å². The molecule has 1 aromatic carbocycles. The highest BCUT2D eigenvalue weighted by Gasteiger charge is 2.38. The zero-order chi connectivity index (χ0) is 22.6. The van der Waals surface area contributed by atoms with E-state index in [-0.39, 0.29) is 36.0 Å². The number of carbonyl (C=O) groups is 1. The molecule has 0 spiro atoms. The largest absolute Gasteiger partial charge is 0.459 e. The van der Waals surface area contributed by atoms with Crippen LogP contribution >= 0.6 is 0 Å². The normalized spacial score (nSPS) is 20.9. The number of allylic oxidation sites excluding steroid dienone is 1. The zero-order valence-corrected chi connectivity index (χ0v) is 18.7. The van der Waals surface area contributed by atoms with E-state index in [9.17, 15) is 4.79 Å². The first-order chi connectivity index (χ1) is 15.0. The van der Waals surface area contributed by atoms with E-state index in [1.54, 1.807) is 12.1 Å². The number of carbonyl (C=O) groups excluding carboxylic acids is 1. The minimum atomic E-state index is -0.537. The summed E-state index contributed by atoms with van der Waals surface area (Å²) in [5.74, 6) is 0.332. The average Bonchev–Trinajstić information content (AvgIpc) is 2.75. The number of nitrogens with one attached hydrogen (secondary N) is 1. The lowest BCUT2D eigenvalue weighted by Gasteiger charge is -2.38. The van der Waals surface area contributed by atoms with Gasteiger partial charge in [0.25, 0.3) is 5.91 Å². The maximum atomic E-state index is 12.9. The summed E-state index contributed by atoms with van der Waals surface area (Å²) in [6.07, 6.45) is 2.08. The number of benzene rings is 1. The van der Waals surface area contributed by atoms with Gasteiger partial charge >= 0.3 is 0 Å². The van der Waals surface area contributed by atoms with Crippen molar-refractivity contribution >= 4 is 17.3 Å². The lowest BCUT2D eigenvalue weighted by atomic mass is 9.79. The Hall–Kier alpha value is -2.13. The Morgan fingerprint density at radius 1 is 1.19 bits per heavy atom. The lowest BCUT2D eigenvalue weighted by molar-refractivity contribution is -0.175. The maximum Gasteiger partial charge on any atom is 0.290 e. The number of nitrogen functional groups attached to an aromatic ring is 1. The van der Waals surface area contributed by atoms with Crippen LogP contribution in [0.25, 0.3) is 0 Å². The van der Waals surface area contributed by atoms with Crippen molar-refractivity contribution in [3.05, 3.63) is 36.1 Å². The molecule has 0 radical (unpaired) electrons. The molecule has 8 nitrogen and oxygen atoms in total. The molecule has 0 saturated carbocycles. The van der Waals surface area contributed by atoms with Crippen LogP contribution < -0.4 is 11.1 Å². The Morgan fingerprint density at radius 2 is 1.90 bits per heavy atom. The third kappa shape index (κ3) is 7.81. The number of anilines is 2. The predicted molar refractivity (Wildman–Crippen MR) is 119 cm³/mol. The smallest absolute Gasteiger partial charge is 0.290 e. The summed E-state index contributed by atoms with van der Waals surface area (Å²) < 4.78 is 22.7. The molecule has 0 aromatic heterocycles. The number of hydrogen-bond acceptors (Lipinski definition) is 7. The minimum Gasteiger partial charge on any atom is -0.459 e. The predicted octanol–water partition coefficient (Wildman–Crippen LogP) is 2.79. The molecule has 4 N–H and O–H groups in total. The van der Waals surface area contributed by atoms with Crippen molar-refractivity contribution in [3.63, 3.8) is 0 Å². The number of rotatable bonds is 13. The van der Waals surface area contributed by atoms with E-state index in [1.807, 2.05) is 25.1 Å². The average molecular weight is 437 g/mol. The fourth-order valence-electron chi connectivity index (χ4n) is 3.60. The topological polar surface area (TPSA) is 112 Å². The van der Waals surface area contributed by atoms with Gasteiger partial charge in [0, 0.05) is 19.1 Å². The molecule has 1 aliphatic heterocycles. The molecule has 2 rings (SSSR count). The van der Waals surface area contributed by atoms with Crippen LogP contribution in [0.2, 0.25) is 0 Å². The first-order valence-electron chi connectivity index (χ1n) is 10.9. The van der Waals surface area contributed by atoms with Crippen molar-refractivity contribution in [2.75, 3.05) is 50.7 Å². The van der Waals surface area contributed by atoms with Crippen LogP contribution in [-0.2, 0) is 23.7 Å². The number of amides is 1. The van der Waals surface area contributed by atoms with Crippen molar-refractivity contribution in [1.82, 2.24) is 0 Å². The number of ether oxygens (including phenoxy) is 4. The van der Waals surface area contributed by atoms with Crippen molar-refractivity contribution in [2.24, 2.45) is 17.8 Å². The summed E-state index contributed by atoms with van der Waals surface area (Å²) in [5.41, 5.74) is 6.98. The van der Waals surface area contributed by atoms with Gasteiger partial charge in [-0.3, -0.25) is 4.79 Å². The van der Waals surface area contributed by atoms with Crippen LogP contribution in [0.15, 0.2) is 36.1 Å². The Balaban J connectivity index is 2.04. The van der Waals surface area contributed by atoms with Gasteiger partial charge in [0.05, 0.1) is 37.8 Å². The fraction of sp³-hybridized carbons (Fsp3) is 0.609. The second-order valence-electron chi connectivity index (χ2n) is 7.74. The number of hydrogen-bond donors (Lipinski definition) is 3. The lowest BCUT2D eigenvalue weighted by Crippen LogP contribution is -2.40. The second kappa shape index (κ2) is 13.3. The first kappa shape index (κ1) is 25.1. The summed E-state index contributed by atoms with van der Waals surface area (Å²) in [7, 11) is 0. The van der Waals surface area contributed by atoms with E-state index in [1.165, 1.54) is 0 Å². The monoisotopic (exact) mass is 436 g/mol. The van der Waals surface area contributed by atoms with Crippen LogP contribution in [0.4, 0.5) is 11.4 Å². The van der Waals surface area contributed by atoms with Crippen LogP contribution in [0, 0.1) is 17.8 Å². The highest BCUT2D eigenvalue weighted by atomic mass is 16.7. The van der Waals surface area contributed by atoms with Crippen molar-refractivity contribution in [3.8, 4) is 0 Å². The molecule has 0 saturated heterocycles. The van der Waals surface area contributed by atoms with Gasteiger partial charge in [-0.05, 0) is 43.4 Å². The number of nitrogens with two attached hydrogens (primary N) is 1. The van der Waals surface area contributed by atoms with Gasteiger partial charge in [-0.15, -0.1) is 0 Å². The van der Waals surface area contributed by atoms with Gasteiger partial charge in [0.1, 0.15) is 0 Å². The molecule has 1 amide bonds. The molecule has 1 heterocycles. The number of para-hydroxylation sites is 2. The highest BCUT2D eigenvalue weighted by molar-refractivity contribution is 6.04. The molecular formula is C23H36N2O6. The van der Waals surface area contributed by atoms with Crippen LogP contribution in [0.3, 0.4) is 0 Å². The third-order valence-electron chi connectivity index (χ3n) is 5.17. The van der Waals surface area contributed by atoms with E-state index in [0.29, 0.717) is 44.4 Å². The highest BCUT2D eigenvalue weighted by Crippen LogP contribution is 2.36. The summed E-state index contributed by atoms with van der Waals surface area (Å²) in [4.78, 5) is 12.9. The molecule has 3 atom stereocenters. The molecule has 0 aliphatic carbocycles. The van der Waals surface area contributed by atoms with E-state index >= 15 is 0 Å². The summed E-state index contributed by atoms with van der Waals surface area (Å²) in [6, 6.07) is 7.11. The molecule has 1 aliphatic rings. The molecule has 0 bridgehead atoms. The van der Waals surface area contributed by atoms with E-state index in [4.69, 9.17) is 29.8 Å². The Bertz CT molecular complexity index is 709. The molecule has 0 unspecified atom stereocenters. The Labute approximate surface area is 184 Å². The maximum absolute atomic E-state index is 12.9. The van der Waals surface area contributed by atoms with Gasteiger partial charge in [-0.25, -0.2) is 0 Å². The van der Waals surface area contributed by atoms with Crippen LogP contribution in [0.5, 0.6) is 0 Å². The number of aliphatic hydroxyl groups is 1. The van der Waals surface area contributed by atoms with Crippen molar-refractivity contribution < 1.29 is 28.8 Å². The van der Waals surface area contributed by atoms with Crippen LogP contribution in [0.1, 0.15) is 27.2 Å². The summed E-state index contributed by atoms with van der Waals surface area (Å²) in [5, 5.41) is 11.5. The van der Waals surface area contributed by atoms with Gasteiger partial charge in [-0.1, -0.05) is 26.0 Å². The Morgan fingerprint density at radius 3 is 2.55 bits per heavy atom. The molecule has 31 heavy (non-hydrogen) atoms. The van der Waals surface area contributed by atoms with Crippen molar-refractivity contribution in [1.29, 1.82) is 0 Å². The standard InChI is InChI=1S/C23H36N2O6/c1-4-30-23-17(9-11-28-13-14-29-12-10-26)18(16(2)3)15-21(31-23)22(27)25-20-8-6-5-7-19(20)24/h5-8,15-18,23,26H,4,9-14,24H2,1-3H3,(H,25,27)/t17-,18-,23-/m0/s1. The van der Waals surface area contributed by atoms with E-state index < -0.39 is 6.29 Å². The SMILES string of the molecule is CCO[C@H]1OC(C(=O)Nc2ccccc2N)=C[C@@H](C(C)C)[C@@H]1CCOCCOCCO. The molecule has 1 aromatic rings. The summed E-state index contributed by atoms with van der Waals surface area (Å²) in [6.45, 7) is 8.37. The first-order valence-corrected chi connectivity index (χ1v) is 10.9. The third-order valence-corrected chi connectivity index (χ3v) is 5.17. The van der Waals surface area contributed by atoms with E-state index in [0.717, 1.165) is 6.42 Å². The fourth-order valence-corrected chi connectivity index (χ4v) is 3.60. The molecule has 0 fully saturated rings. The van der Waals surface area contributed by atoms with Crippen LogP contribution in [-0.4, -0.2) is 56.9 Å². The second-order valence-corrected chi connectivity index (χ2v) is 7.74. The number of aliphatic hydroxyl groups excluding tert-OH is 1. The van der Waals surface area contributed by atoms with Gasteiger partial charge in [0.2, 0.25) is 6.29 Å². The Kier molecular flexibility index (Phi) is 10.8. The molecular weight excluding hydrogens is 400 g/mol. The molecule has 174 valence electrons. The van der Waals surface area contributed by atoms with Gasteiger partial charge < -0.3 is 35.1 Å². The van der Waals surface area contributed by atoms with Gasteiger partial charge in [0.15, 0.2) is 5.76 Å². The minimum absolute atomic E-state index is 0.00459. The molecule has 8 heteroatoms. The van der Waals surface area contributed by atoms with Crippen molar-refractivity contribution in [2.45, 2.75) is 33.5 Å².